The summed E-state index contributed by atoms with van der Waals surface area (Å²) < 4.78 is 10.8. The molecule has 1 fully saturated rings. The molecule has 25 heavy (non-hydrogen) atoms. The predicted octanol–water partition coefficient (Wildman–Crippen LogP) is 2.79. The number of nitrogens with zero attached hydrogens (tertiary/aromatic N) is 2. The fourth-order valence-electron chi connectivity index (χ4n) is 2.45. The fraction of sp³-hybridized carbons (Fsp3) is 0.333. The van der Waals surface area contributed by atoms with Crippen LogP contribution in [0, 0.1) is 0 Å². The van der Waals surface area contributed by atoms with Gasteiger partial charge in [0.15, 0.2) is 5.13 Å². The third-order valence-electron chi connectivity index (χ3n) is 3.75. The van der Waals surface area contributed by atoms with Crippen LogP contribution in [0.15, 0.2) is 42.3 Å². The summed E-state index contributed by atoms with van der Waals surface area (Å²) in [5, 5.41) is 5.44. The van der Waals surface area contributed by atoms with Gasteiger partial charge in [0.2, 0.25) is 0 Å². The number of rotatable bonds is 7. The molecule has 0 spiro atoms. The Balaban J connectivity index is 1.54. The standard InChI is InChI=1S/C18H21N3O3S/c1-2-9-24-16-5-3-14(4-6-16)17(22)20-18-19-15(13-25-18)12-21-7-10-23-11-8-21/h2-6,13H,1,7-12H2,(H,19,20,22). The Hall–Kier alpha value is -2.22. The van der Waals surface area contributed by atoms with Crippen LogP contribution in [0.1, 0.15) is 16.1 Å². The van der Waals surface area contributed by atoms with E-state index in [1.807, 2.05) is 5.38 Å². The zero-order valence-electron chi connectivity index (χ0n) is 13.9. The van der Waals surface area contributed by atoms with Gasteiger partial charge in [-0.05, 0) is 24.3 Å². The average molecular weight is 359 g/mol. The highest BCUT2D eigenvalue weighted by Crippen LogP contribution is 2.19. The number of hydrogen-bond donors (Lipinski definition) is 1. The number of benzene rings is 1. The zero-order valence-corrected chi connectivity index (χ0v) is 14.8. The number of aromatic nitrogens is 1. The van der Waals surface area contributed by atoms with Crippen molar-refractivity contribution < 1.29 is 14.3 Å². The molecular formula is C18H21N3O3S. The Bertz CT molecular complexity index is 709. The first-order chi connectivity index (χ1) is 12.2. The van der Waals surface area contributed by atoms with Gasteiger partial charge in [0.25, 0.3) is 5.91 Å². The number of nitrogens with one attached hydrogen (secondary N) is 1. The smallest absolute Gasteiger partial charge is 0.257 e. The van der Waals surface area contributed by atoms with Gasteiger partial charge >= 0.3 is 0 Å². The lowest BCUT2D eigenvalue weighted by atomic mass is 10.2. The average Bonchev–Trinajstić information content (AvgIpc) is 3.08. The minimum absolute atomic E-state index is 0.178. The lowest BCUT2D eigenvalue weighted by Gasteiger charge is -2.25. The molecule has 1 aliphatic rings. The van der Waals surface area contributed by atoms with Crippen LogP contribution in [-0.4, -0.2) is 48.7 Å². The van der Waals surface area contributed by atoms with E-state index in [1.54, 1.807) is 30.3 Å². The Morgan fingerprint density at radius 2 is 2.12 bits per heavy atom. The first-order valence-corrected chi connectivity index (χ1v) is 9.02. The van der Waals surface area contributed by atoms with Gasteiger partial charge in [-0.3, -0.25) is 15.0 Å². The zero-order chi connectivity index (χ0) is 17.5. The van der Waals surface area contributed by atoms with Crippen molar-refractivity contribution >= 4 is 22.4 Å². The van der Waals surface area contributed by atoms with Crippen LogP contribution in [-0.2, 0) is 11.3 Å². The molecule has 2 heterocycles. The van der Waals surface area contributed by atoms with Crippen molar-refractivity contribution in [3.05, 3.63) is 53.6 Å². The van der Waals surface area contributed by atoms with Crippen LogP contribution < -0.4 is 10.1 Å². The molecule has 132 valence electrons. The van der Waals surface area contributed by atoms with Crippen molar-refractivity contribution in [3.63, 3.8) is 0 Å². The molecular weight excluding hydrogens is 338 g/mol. The van der Waals surface area contributed by atoms with Crippen LogP contribution >= 0.6 is 11.3 Å². The quantitative estimate of drug-likeness (QED) is 0.770. The summed E-state index contributed by atoms with van der Waals surface area (Å²) in [5.41, 5.74) is 1.53. The number of ether oxygens (including phenoxy) is 2. The lowest BCUT2D eigenvalue weighted by molar-refractivity contribution is 0.0337. The molecule has 1 saturated heterocycles. The molecule has 1 aliphatic heterocycles. The number of thiazole rings is 1. The second-order valence-electron chi connectivity index (χ2n) is 5.61. The fourth-order valence-corrected chi connectivity index (χ4v) is 3.15. The Labute approximate surface area is 151 Å². The summed E-state index contributed by atoms with van der Waals surface area (Å²) in [6.45, 7) is 8.19. The number of carbonyl (C=O) groups excluding carboxylic acids is 1. The van der Waals surface area contributed by atoms with Crippen molar-refractivity contribution in [1.29, 1.82) is 0 Å². The topological polar surface area (TPSA) is 63.7 Å². The molecule has 3 rings (SSSR count). The molecule has 0 bridgehead atoms. The molecule has 6 nitrogen and oxygen atoms in total. The summed E-state index contributed by atoms with van der Waals surface area (Å²) in [6.07, 6.45) is 1.68. The number of hydrogen-bond acceptors (Lipinski definition) is 6. The molecule has 1 amide bonds. The van der Waals surface area contributed by atoms with E-state index in [2.05, 4.69) is 21.8 Å². The van der Waals surface area contributed by atoms with Gasteiger partial charge in [0, 0.05) is 30.6 Å². The van der Waals surface area contributed by atoms with Crippen LogP contribution in [0.2, 0.25) is 0 Å². The van der Waals surface area contributed by atoms with Gasteiger partial charge in [-0.1, -0.05) is 12.7 Å². The summed E-state index contributed by atoms with van der Waals surface area (Å²) >= 11 is 1.44. The highest BCUT2D eigenvalue weighted by Gasteiger charge is 2.14. The minimum atomic E-state index is -0.178. The molecule has 0 atom stereocenters. The molecule has 1 aromatic heterocycles. The van der Waals surface area contributed by atoms with Gasteiger partial charge in [0.1, 0.15) is 12.4 Å². The van der Waals surface area contributed by atoms with E-state index < -0.39 is 0 Å². The van der Waals surface area contributed by atoms with Gasteiger partial charge in [-0.15, -0.1) is 11.3 Å². The van der Waals surface area contributed by atoms with E-state index in [0.717, 1.165) is 38.5 Å². The van der Waals surface area contributed by atoms with Gasteiger partial charge in [-0.2, -0.15) is 0 Å². The second-order valence-corrected chi connectivity index (χ2v) is 6.47. The maximum atomic E-state index is 12.3. The predicted molar refractivity (Wildman–Crippen MR) is 98.3 cm³/mol. The van der Waals surface area contributed by atoms with E-state index >= 15 is 0 Å². The van der Waals surface area contributed by atoms with Crippen molar-refractivity contribution in [2.75, 3.05) is 38.2 Å². The van der Waals surface area contributed by atoms with Crippen LogP contribution in [0.4, 0.5) is 5.13 Å². The lowest BCUT2D eigenvalue weighted by Crippen LogP contribution is -2.35. The van der Waals surface area contributed by atoms with Crippen molar-refractivity contribution in [2.24, 2.45) is 0 Å². The maximum Gasteiger partial charge on any atom is 0.257 e. The number of carbonyl (C=O) groups is 1. The Morgan fingerprint density at radius 1 is 1.36 bits per heavy atom. The molecule has 1 aromatic carbocycles. The minimum Gasteiger partial charge on any atom is -0.490 e. The first-order valence-electron chi connectivity index (χ1n) is 8.14. The summed E-state index contributed by atoms with van der Waals surface area (Å²) in [6, 6.07) is 7.00. The monoisotopic (exact) mass is 359 g/mol. The van der Waals surface area contributed by atoms with E-state index in [-0.39, 0.29) is 5.91 Å². The maximum absolute atomic E-state index is 12.3. The van der Waals surface area contributed by atoms with Gasteiger partial charge < -0.3 is 9.47 Å². The summed E-state index contributed by atoms with van der Waals surface area (Å²) in [7, 11) is 0. The largest absolute Gasteiger partial charge is 0.490 e. The number of amides is 1. The van der Waals surface area contributed by atoms with Gasteiger partial charge in [0.05, 0.1) is 18.9 Å². The highest BCUT2D eigenvalue weighted by molar-refractivity contribution is 7.13. The van der Waals surface area contributed by atoms with Crippen molar-refractivity contribution in [2.45, 2.75) is 6.54 Å². The van der Waals surface area contributed by atoms with E-state index in [0.29, 0.717) is 23.1 Å². The van der Waals surface area contributed by atoms with Crippen molar-refractivity contribution in [3.8, 4) is 5.75 Å². The summed E-state index contributed by atoms with van der Waals surface area (Å²) in [4.78, 5) is 19.1. The molecule has 0 radical (unpaired) electrons. The van der Waals surface area contributed by atoms with E-state index in [9.17, 15) is 4.79 Å². The molecule has 0 unspecified atom stereocenters. The number of morpholine rings is 1. The van der Waals surface area contributed by atoms with Crippen LogP contribution in [0.25, 0.3) is 0 Å². The molecule has 0 saturated carbocycles. The van der Waals surface area contributed by atoms with Crippen molar-refractivity contribution in [1.82, 2.24) is 9.88 Å². The van der Waals surface area contributed by atoms with Crippen LogP contribution in [0.3, 0.4) is 0 Å². The Kier molecular flexibility index (Phi) is 6.16. The first kappa shape index (κ1) is 17.6. The SMILES string of the molecule is C=CCOc1ccc(C(=O)Nc2nc(CN3CCOCC3)cs2)cc1. The molecule has 2 aromatic rings. The number of anilines is 1. The van der Waals surface area contributed by atoms with E-state index in [1.165, 1.54) is 11.3 Å². The van der Waals surface area contributed by atoms with Crippen LogP contribution in [0.5, 0.6) is 5.75 Å². The third kappa shape index (κ3) is 5.12. The molecule has 1 N–H and O–H groups in total. The molecule has 7 heteroatoms. The van der Waals surface area contributed by atoms with Gasteiger partial charge in [-0.25, -0.2) is 4.98 Å². The Morgan fingerprint density at radius 3 is 2.84 bits per heavy atom. The molecule has 0 aliphatic carbocycles. The highest BCUT2D eigenvalue weighted by atomic mass is 32.1. The normalized spacial score (nSPS) is 14.9. The second kappa shape index (κ2) is 8.75. The van der Waals surface area contributed by atoms with E-state index in [4.69, 9.17) is 9.47 Å². The third-order valence-corrected chi connectivity index (χ3v) is 4.55. The summed E-state index contributed by atoms with van der Waals surface area (Å²) in [5.74, 6) is 0.529.